The van der Waals surface area contributed by atoms with Crippen LogP contribution in [0.2, 0.25) is 0 Å². The minimum Gasteiger partial charge on any atom is -0.315 e. The summed E-state index contributed by atoms with van der Waals surface area (Å²) >= 11 is 0. The van der Waals surface area contributed by atoms with Crippen molar-refractivity contribution in [3.05, 3.63) is 0 Å². The Hall–Kier alpha value is 0.500. The van der Waals surface area contributed by atoms with Gasteiger partial charge in [-0.25, -0.2) is 0 Å². The van der Waals surface area contributed by atoms with Crippen molar-refractivity contribution in [3.8, 4) is 0 Å². The summed E-state index contributed by atoms with van der Waals surface area (Å²) in [5.41, 5.74) is 0. The quantitative estimate of drug-likeness (QED) is 0.586. The fraction of sp³-hybridized carbons (Fsp3) is 1.00. The van der Waals surface area contributed by atoms with Crippen molar-refractivity contribution < 1.29 is 0 Å². The first-order valence-corrected chi connectivity index (χ1v) is 3.33. The van der Waals surface area contributed by atoms with E-state index >= 15 is 0 Å². The molecule has 64 valence electrons. The van der Waals surface area contributed by atoms with Crippen LogP contribution in [0.25, 0.3) is 0 Å². The van der Waals surface area contributed by atoms with Gasteiger partial charge in [-0.15, -0.1) is 24.8 Å². The Morgan fingerprint density at radius 1 is 1.10 bits per heavy atom. The molecule has 10 heavy (non-hydrogen) atoms. The number of nitrogens with one attached hydrogen (secondary N) is 2. The second-order valence-corrected chi connectivity index (χ2v) is 2.39. The van der Waals surface area contributed by atoms with Crippen molar-refractivity contribution in [3.63, 3.8) is 0 Å². The van der Waals surface area contributed by atoms with Gasteiger partial charge in [0, 0.05) is 19.1 Å². The molecular weight excluding hydrogens is 171 g/mol. The second-order valence-electron chi connectivity index (χ2n) is 2.39. The van der Waals surface area contributed by atoms with Gasteiger partial charge in [-0.05, 0) is 19.9 Å². The molecule has 2 N–H and O–H groups in total. The van der Waals surface area contributed by atoms with E-state index in [0.717, 1.165) is 13.1 Å². The predicted molar refractivity (Wildman–Crippen MR) is 49.4 cm³/mol. The van der Waals surface area contributed by atoms with Crippen molar-refractivity contribution in [2.45, 2.75) is 19.4 Å². The molecule has 1 saturated heterocycles. The first kappa shape index (κ1) is 13.1. The first-order valence-electron chi connectivity index (χ1n) is 3.33. The summed E-state index contributed by atoms with van der Waals surface area (Å²) in [4.78, 5) is 0. The number of hydrogen-bond donors (Lipinski definition) is 2. The van der Waals surface area contributed by atoms with E-state index in [4.69, 9.17) is 0 Å². The summed E-state index contributed by atoms with van der Waals surface area (Å²) in [6, 6.07) is 0.713. The van der Waals surface area contributed by atoms with Crippen molar-refractivity contribution in [1.82, 2.24) is 10.6 Å². The fourth-order valence-corrected chi connectivity index (χ4v) is 0.953. The molecule has 1 heterocycles. The normalized spacial score (nSPS) is 25.5. The first-order chi connectivity index (χ1) is 3.89. The van der Waals surface area contributed by atoms with Crippen molar-refractivity contribution in [2.75, 3.05) is 19.6 Å². The van der Waals surface area contributed by atoms with Crippen molar-refractivity contribution in [2.24, 2.45) is 0 Å². The minimum absolute atomic E-state index is 0. The average Bonchev–Trinajstić information content (AvgIpc) is 1.94. The third-order valence-corrected chi connectivity index (χ3v) is 1.55. The zero-order chi connectivity index (χ0) is 5.82. The molecule has 2 nitrogen and oxygen atoms in total. The smallest absolute Gasteiger partial charge is 0.00792 e. The molecule has 1 atom stereocenters. The highest BCUT2D eigenvalue weighted by atomic mass is 35.5. The van der Waals surface area contributed by atoms with E-state index in [1.807, 2.05) is 0 Å². The highest BCUT2D eigenvalue weighted by molar-refractivity contribution is 5.85. The molecule has 0 bridgehead atoms. The molecule has 0 aromatic carbocycles. The molecule has 0 saturated carbocycles. The molecule has 4 heteroatoms. The van der Waals surface area contributed by atoms with Crippen LogP contribution in [0.15, 0.2) is 0 Å². The Morgan fingerprint density at radius 2 is 1.80 bits per heavy atom. The van der Waals surface area contributed by atoms with E-state index in [0.29, 0.717) is 6.04 Å². The van der Waals surface area contributed by atoms with E-state index in [-0.39, 0.29) is 24.8 Å². The van der Waals surface area contributed by atoms with Crippen LogP contribution in [-0.4, -0.2) is 25.7 Å². The van der Waals surface area contributed by atoms with E-state index < -0.39 is 0 Å². The Morgan fingerprint density at radius 3 is 2.50 bits per heavy atom. The van der Waals surface area contributed by atoms with Crippen LogP contribution in [0.5, 0.6) is 0 Å². The van der Waals surface area contributed by atoms with Gasteiger partial charge in [0.2, 0.25) is 0 Å². The molecule has 0 aromatic rings. The van der Waals surface area contributed by atoms with E-state index in [1.165, 1.54) is 13.0 Å². The molecular formula is C6H16Cl2N2. The summed E-state index contributed by atoms with van der Waals surface area (Å²) in [7, 11) is 0. The topological polar surface area (TPSA) is 24.1 Å². The van der Waals surface area contributed by atoms with Gasteiger partial charge in [0.25, 0.3) is 0 Å². The Balaban J connectivity index is 0. The molecule has 0 unspecified atom stereocenters. The zero-order valence-corrected chi connectivity index (χ0v) is 7.86. The lowest BCUT2D eigenvalue weighted by Crippen LogP contribution is -2.26. The van der Waals surface area contributed by atoms with Gasteiger partial charge in [0.15, 0.2) is 0 Å². The fourth-order valence-electron chi connectivity index (χ4n) is 0.953. The Labute approximate surface area is 75.0 Å². The lowest BCUT2D eigenvalue weighted by molar-refractivity contribution is 0.565. The van der Waals surface area contributed by atoms with Gasteiger partial charge in [0.1, 0.15) is 0 Å². The van der Waals surface area contributed by atoms with Crippen LogP contribution < -0.4 is 10.6 Å². The maximum Gasteiger partial charge on any atom is 0.00792 e. The summed E-state index contributed by atoms with van der Waals surface area (Å²) in [6.07, 6.45) is 1.26. The minimum atomic E-state index is 0. The largest absolute Gasteiger partial charge is 0.315 e. The van der Waals surface area contributed by atoms with Gasteiger partial charge in [0.05, 0.1) is 0 Å². The van der Waals surface area contributed by atoms with Gasteiger partial charge in [-0.1, -0.05) is 0 Å². The molecule has 1 fully saturated rings. The summed E-state index contributed by atoms with van der Waals surface area (Å²) < 4.78 is 0. The van der Waals surface area contributed by atoms with Crippen molar-refractivity contribution in [1.29, 1.82) is 0 Å². The van der Waals surface area contributed by atoms with Gasteiger partial charge in [-0.2, -0.15) is 0 Å². The maximum absolute atomic E-state index is 3.38. The van der Waals surface area contributed by atoms with Crippen molar-refractivity contribution >= 4 is 24.8 Å². The molecule has 0 aromatic heterocycles. The zero-order valence-electron chi connectivity index (χ0n) is 6.22. The summed E-state index contributed by atoms with van der Waals surface area (Å²) in [5, 5.41) is 6.70. The maximum atomic E-state index is 3.38. The van der Waals surface area contributed by atoms with Crippen LogP contribution in [-0.2, 0) is 0 Å². The van der Waals surface area contributed by atoms with Crippen LogP contribution in [0, 0.1) is 0 Å². The SMILES string of the molecule is C[C@@H]1CCNCCN1.Cl.Cl. The third-order valence-electron chi connectivity index (χ3n) is 1.55. The molecule has 1 aliphatic rings. The Bertz CT molecular complexity index is 62.8. The summed E-state index contributed by atoms with van der Waals surface area (Å²) in [6.45, 7) is 5.66. The monoisotopic (exact) mass is 186 g/mol. The molecule has 0 aliphatic carbocycles. The van der Waals surface area contributed by atoms with Crippen LogP contribution >= 0.6 is 24.8 Å². The number of rotatable bonds is 0. The Kier molecular flexibility index (Phi) is 9.97. The van der Waals surface area contributed by atoms with Crippen LogP contribution in [0.3, 0.4) is 0 Å². The van der Waals surface area contributed by atoms with E-state index in [1.54, 1.807) is 0 Å². The summed E-state index contributed by atoms with van der Waals surface area (Å²) in [5.74, 6) is 0. The third kappa shape index (κ3) is 5.30. The van der Waals surface area contributed by atoms with Gasteiger partial charge < -0.3 is 10.6 Å². The van der Waals surface area contributed by atoms with Crippen LogP contribution in [0.4, 0.5) is 0 Å². The van der Waals surface area contributed by atoms with E-state index in [9.17, 15) is 0 Å². The molecule has 0 spiro atoms. The molecule has 1 aliphatic heterocycles. The number of halogens is 2. The van der Waals surface area contributed by atoms with Gasteiger partial charge >= 0.3 is 0 Å². The standard InChI is InChI=1S/C6H14N2.2ClH/c1-6-2-3-7-4-5-8-6;;/h6-8H,2-5H2,1H3;2*1H/t6-;;/m1../s1. The second kappa shape index (κ2) is 7.61. The highest BCUT2D eigenvalue weighted by Gasteiger charge is 2.02. The molecule has 0 amide bonds. The predicted octanol–water partition coefficient (Wildman–Crippen LogP) is 0.801. The highest BCUT2D eigenvalue weighted by Crippen LogP contribution is 1.89. The molecule has 1 rings (SSSR count). The average molecular weight is 187 g/mol. The lowest BCUT2D eigenvalue weighted by Gasteiger charge is -2.05. The van der Waals surface area contributed by atoms with Crippen LogP contribution in [0.1, 0.15) is 13.3 Å². The lowest BCUT2D eigenvalue weighted by atomic mass is 10.2. The van der Waals surface area contributed by atoms with Gasteiger partial charge in [-0.3, -0.25) is 0 Å². The molecule has 0 radical (unpaired) electrons. The van der Waals surface area contributed by atoms with E-state index in [2.05, 4.69) is 17.6 Å². The number of hydrogen-bond acceptors (Lipinski definition) is 2.